The van der Waals surface area contributed by atoms with Gasteiger partial charge in [0.05, 0.1) is 10.2 Å². The molecule has 4 aromatic heterocycles. The van der Waals surface area contributed by atoms with Gasteiger partial charge in [-0.15, -0.1) is 22.7 Å². The van der Waals surface area contributed by atoms with Crippen LogP contribution in [0.15, 0.2) is 154 Å². The SMILES string of the molecule is c1ccc(-c2nc3ccc4oc5ccc(N(c6ccc7c(c6)sc6ccccc67)c6ccc7oc8ccccc8c7c6)cc5c4c3s2)cc1. The molecule has 0 fully saturated rings. The monoisotopic (exact) mass is 664 g/mol. The number of para-hydroxylation sites is 1. The molecule has 4 nitrogen and oxygen atoms in total. The van der Waals surface area contributed by atoms with E-state index >= 15 is 0 Å². The van der Waals surface area contributed by atoms with Gasteiger partial charge in [-0.3, -0.25) is 0 Å². The number of aromatic nitrogens is 1. The molecule has 49 heavy (non-hydrogen) atoms. The molecule has 0 saturated heterocycles. The van der Waals surface area contributed by atoms with Gasteiger partial charge in [-0.05, 0) is 72.8 Å². The van der Waals surface area contributed by atoms with Crippen LogP contribution >= 0.6 is 22.7 Å². The summed E-state index contributed by atoms with van der Waals surface area (Å²) in [4.78, 5) is 7.38. The largest absolute Gasteiger partial charge is 0.456 e. The Morgan fingerprint density at radius 2 is 1.08 bits per heavy atom. The standard InChI is InChI=1S/C43H24N2O2S2/c1-2-8-25(9-3-1)43-44-34-18-21-38-41(42(34)49-43)33-23-27(16-20-37(33)47-38)45(26-15-19-36-32(22-26)29-10-4-6-12-35(29)46-36)28-14-17-31-30-11-5-7-13-39(30)48-40(31)24-28/h1-24H. The number of fused-ring (bicyclic) bond motifs is 11. The van der Waals surface area contributed by atoms with Crippen LogP contribution in [0.5, 0.6) is 0 Å². The fourth-order valence-electron chi connectivity index (χ4n) is 7.23. The van der Waals surface area contributed by atoms with Crippen molar-refractivity contribution in [2.45, 2.75) is 0 Å². The highest BCUT2D eigenvalue weighted by Gasteiger charge is 2.20. The third-order valence-corrected chi connectivity index (χ3v) is 11.8. The molecule has 6 heteroatoms. The number of anilines is 3. The summed E-state index contributed by atoms with van der Waals surface area (Å²) < 4.78 is 16.4. The van der Waals surface area contributed by atoms with Crippen LogP contribution in [0.2, 0.25) is 0 Å². The third-order valence-electron chi connectivity index (χ3n) is 9.49. The van der Waals surface area contributed by atoms with Crippen LogP contribution in [0.1, 0.15) is 0 Å². The van der Waals surface area contributed by atoms with Crippen LogP contribution in [-0.2, 0) is 0 Å². The first-order valence-corrected chi connectivity index (χ1v) is 17.8. The van der Waals surface area contributed by atoms with E-state index in [0.29, 0.717) is 0 Å². The Labute approximate surface area is 287 Å². The van der Waals surface area contributed by atoms with Gasteiger partial charge in [0.25, 0.3) is 0 Å². The van der Waals surface area contributed by atoms with Gasteiger partial charge in [0.15, 0.2) is 0 Å². The quantitative estimate of drug-likeness (QED) is 0.188. The van der Waals surface area contributed by atoms with Gasteiger partial charge < -0.3 is 13.7 Å². The Balaban J connectivity index is 1.16. The van der Waals surface area contributed by atoms with E-state index in [0.717, 1.165) is 81.7 Å². The maximum Gasteiger partial charge on any atom is 0.137 e. The van der Waals surface area contributed by atoms with Gasteiger partial charge in [-0.25, -0.2) is 4.98 Å². The molecule has 11 aromatic rings. The van der Waals surface area contributed by atoms with Crippen LogP contribution in [0.3, 0.4) is 0 Å². The molecule has 4 heterocycles. The minimum atomic E-state index is 0.858. The average Bonchev–Trinajstić information content (AvgIpc) is 3.92. The highest BCUT2D eigenvalue weighted by molar-refractivity contribution is 7.25. The predicted octanol–water partition coefficient (Wildman–Crippen LogP) is 13.6. The molecule has 11 rings (SSSR count). The summed E-state index contributed by atoms with van der Waals surface area (Å²) in [6.45, 7) is 0. The van der Waals surface area contributed by atoms with Crippen LogP contribution in [0.4, 0.5) is 17.1 Å². The minimum absolute atomic E-state index is 0.858. The van der Waals surface area contributed by atoms with Crippen molar-refractivity contribution in [3.8, 4) is 10.6 Å². The zero-order chi connectivity index (χ0) is 32.1. The summed E-state index contributed by atoms with van der Waals surface area (Å²) in [5.74, 6) is 0. The van der Waals surface area contributed by atoms with E-state index in [1.807, 2.05) is 29.5 Å². The van der Waals surface area contributed by atoms with Crippen molar-refractivity contribution in [2.24, 2.45) is 0 Å². The number of benzene rings is 7. The molecule has 0 amide bonds. The maximum absolute atomic E-state index is 6.46. The maximum atomic E-state index is 6.46. The Bertz CT molecular complexity index is 3080. The van der Waals surface area contributed by atoms with Crippen molar-refractivity contribution in [1.82, 2.24) is 4.98 Å². The van der Waals surface area contributed by atoms with E-state index in [4.69, 9.17) is 13.8 Å². The normalized spacial score (nSPS) is 12.1. The summed E-state index contributed by atoms with van der Waals surface area (Å²) in [5.41, 5.74) is 8.79. The Hall–Kier alpha value is -5.95. The second kappa shape index (κ2) is 10.3. The summed E-state index contributed by atoms with van der Waals surface area (Å²) in [7, 11) is 0. The number of hydrogen-bond acceptors (Lipinski definition) is 6. The second-order valence-corrected chi connectivity index (χ2v) is 14.4. The van der Waals surface area contributed by atoms with Crippen molar-refractivity contribution >= 4 is 114 Å². The summed E-state index contributed by atoms with van der Waals surface area (Å²) in [6.07, 6.45) is 0. The fraction of sp³-hybridized carbons (Fsp3) is 0. The zero-order valence-electron chi connectivity index (χ0n) is 25.9. The molecule has 230 valence electrons. The van der Waals surface area contributed by atoms with E-state index in [-0.39, 0.29) is 0 Å². The fourth-order valence-corrected chi connectivity index (χ4v) is 9.49. The topological polar surface area (TPSA) is 42.4 Å². The van der Waals surface area contributed by atoms with Crippen molar-refractivity contribution in [2.75, 3.05) is 4.90 Å². The molecule has 0 spiro atoms. The van der Waals surface area contributed by atoms with Gasteiger partial charge in [0.1, 0.15) is 27.3 Å². The van der Waals surface area contributed by atoms with Crippen LogP contribution in [0.25, 0.3) is 84.8 Å². The van der Waals surface area contributed by atoms with E-state index in [1.165, 1.54) is 20.2 Å². The van der Waals surface area contributed by atoms with Crippen LogP contribution in [-0.4, -0.2) is 4.98 Å². The zero-order valence-corrected chi connectivity index (χ0v) is 27.5. The molecule has 0 unspecified atom stereocenters. The summed E-state index contributed by atoms with van der Waals surface area (Å²) >= 11 is 3.55. The van der Waals surface area contributed by atoms with Gasteiger partial charge in [0, 0.05) is 64.3 Å². The first kappa shape index (κ1) is 27.0. The van der Waals surface area contributed by atoms with E-state index in [9.17, 15) is 0 Å². The lowest BCUT2D eigenvalue weighted by atomic mass is 10.1. The number of nitrogens with zero attached hydrogens (tertiary/aromatic N) is 2. The van der Waals surface area contributed by atoms with Crippen molar-refractivity contribution in [3.63, 3.8) is 0 Å². The molecule has 0 aliphatic heterocycles. The first-order chi connectivity index (χ1) is 24.2. The molecule has 0 N–H and O–H groups in total. The smallest absolute Gasteiger partial charge is 0.137 e. The van der Waals surface area contributed by atoms with Gasteiger partial charge in [0.2, 0.25) is 0 Å². The minimum Gasteiger partial charge on any atom is -0.456 e. The second-order valence-electron chi connectivity index (χ2n) is 12.3. The third kappa shape index (κ3) is 4.11. The molecular weight excluding hydrogens is 641 g/mol. The Morgan fingerprint density at radius 3 is 1.96 bits per heavy atom. The first-order valence-electron chi connectivity index (χ1n) is 16.2. The average molecular weight is 665 g/mol. The molecule has 0 aliphatic rings. The summed E-state index contributed by atoms with van der Waals surface area (Å²) in [6, 6.07) is 51.3. The lowest BCUT2D eigenvalue weighted by Gasteiger charge is -2.25. The number of hydrogen-bond donors (Lipinski definition) is 0. The van der Waals surface area contributed by atoms with E-state index in [2.05, 4.69) is 132 Å². The molecule has 0 saturated carbocycles. The highest BCUT2D eigenvalue weighted by Crippen LogP contribution is 2.45. The lowest BCUT2D eigenvalue weighted by Crippen LogP contribution is -2.09. The Morgan fingerprint density at radius 1 is 0.449 bits per heavy atom. The van der Waals surface area contributed by atoms with Gasteiger partial charge in [-0.2, -0.15) is 0 Å². The van der Waals surface area contributed by atoms with Crippen LogP contribution < -0.4 is 4.90 Å². The molecule has 7 aromatic carbocycles. The number of thiazole rings is 1. The van der Waals surface area contributed by atoms with Gasteiger partial charge >= 0.3 is 0 Å². The van der Waals surface area contributed by atoms with E-state index < -0.39 is 0 Å². The molecule has 0 radical (unpaired) electrons. The lowest BCUT2D eigenvalue weighted by molar-refractivity contribution is 0.669. The van der Waals surface area contributed by atoms with Crippen molar-refractivity contribution in [3.05, 3.63) is 146 Å². The number of furan rings is 2. The van der Waals surface area contributed by atoms with Crippen LogP contribution in [0, 0.1) is 0 Å². The number of rotatable bonds is 4. The number of thiophene rings is 1. The van der Waals surface area contributed by atoms with Crippen molar-refractivity contribution in [1.29, 1.82) is 0 Å². The van der Waals surface area contributed by atoms with E-state index in [1.54, 1.807) is 11.3 Å². The molecule has 0 bridgehead atoms. The molecule has 0 aliphatic carbocycles. The predicted molar refractivity (Wildman–Crippen MR) is 207 cm³/mol. The molecule has 0 atom stereocenters. The highest BCUT2D eigenvalue weighted by atomic mass is 32.1. The molecular formula is C43H24N2O2S2. The Kier molecular flexibility index (Phi) is 5.67. The summed E-state index contributed by atoms with van der Waals surface area (Å²) in [5, 5.41) is 7.95. The van der Waals surface area contributed by atoms with Gasteiger partial charge in [-0.1, -0.05) is 72.8 Å². The van der Waals surface area contributed by atoms with Crippen molar-refractivity contribution < 1.29 is 8.83 Å².